The van der Waals surface area contributed by atoms with E-state index in [1.807, 2.05) is 0 Å². The number of hydrogen-bond donors (Lipinski definition) is 0. The lowest BCUT2D eigenvalue weighted by molar-refractivity contribution is 0.0512. The molecule has 0 aromatic carbocycles. The van der Waals surface area contributed by atoms with E-state index in [9.17, 15) is 4.79 Å². The first kappa shape index (κ1) is 13.0. The molecule has 0 aliphatic carbocycles. The molecule has 0 atom stereocenters. The smallest absolute Gasteiger partial charge is 0.376 e. The summed E-state index contributed by atoms with van der Waals surface area (Å²) in [5.74, 6) is -0.318. The van der Waals surface area contributed by atoms with E-state index in [4.69, 9.17) is 4.74 Å². The first-order valence-corrected chi connectivity index (χ1v) is 9.47. The van der Waals surface area contributed by atoms with Crippen LogP contribution < -0.4 is 4.57 Å². The summed E-state index contributed by atoms with van der Waals surface area (Å²) in [4.78, 5) is 19.7. The lowest BCUT2D eigenvalue weighted by atomic mass is 10.4. The van der Waals surface area contributed by atoms with E-state index in [-0.39, 0.29) is 5.82 Å². The molecular formula is C12H19N3O2Si. The molecule has 1 aromatic rings. The first-order chi connectivity index (χ1) is 8.54. The maximum atomic E-state index is 11.5. The number of nitrogens with zero attached hydrogens (tertiary/aromatic N) is 3. The molecule has 18 heavy (non-hydrogen) atoms. The monoisotopic (exact) mass is 265 g/mol. The van der Waals surface area contributed by atoms with Crippen LogP contribution in [-0.4, -0.2) is 37.3 Å². The number of hydrogen-bond acceptors (Lipinski definition) is 5. The molecule has 0 N–H and O–H groups in total. The van der Waals surface area contributed by atoms with E-state index < -0.39 is 14.2 Å². The Morgan fingerprint density at radius 3 is 2.61 bits per heavy atom. The lowest BCUT2D eigenvalue weighted by Crippen LogP contribution is -2.43. The third kappa shape index (κ3) is 2.53. The number of aromatic nitrogens is 2. The van der Waals surface area contributed by atoms with Crippen molar-refractivity contribution in [3.63, 3.8) is 0 Å². The van der Waals surface area contributed by atoms with Gasteiger partial charge in [-0.05, 0) is 19.4 Å². The van der Waals surface area contributed by atoms with Gasteiger partial charge < -0.3 is 9.30 Å². The molecule has 1 fully saturated rings. The second kappa shape index (κ2) is 5.05. The topological polar surface area (TPSA) is 55.3 Å². The fourth-order valence-electron chi connectivity index (χ4n) is 2.35. The third-order valence-electron chi connectivity index (χ3n) is 3.31. The Labute approximate surface area is 108 Å². The van der Waals surface area contributed by atoms with Crippen molar-refractivity contribution in [2.24, 2.45) is 0 Å². The van der Waals surface area contributed by atoms with Gasteiger partial charge in [0.15, 0.2) is 8.24 Å². The second-order valence-corrected chi connectivity index (χ2v) is 9.72. The summed E-state index contributed by atoms with van der Waals surface area (Å²) in [6, 6.07) is 1.30. The average Bonchev–Trinajstić information content (AvgIpc) is 2.69. The molecule has 98 valence electrons. The highest BCUT2D eigenvalue weighted by molar-refractivity contribution is 6.81. The van der Waals surface area contributed by atoms with E-state index in [0.29, 0.717) is 6.61 Å². The normalized spacial score (nSPS) is 17.8. The van der Waals surface area contributed by atoms with Crippen LogP contribution in [0.15, 0.2) is 12.4 Å². The minimum atomic E-state index is -1.33. The van der Waals surface area contributed by atoms with E-state index >= 15 is 0 Å². The zero-order chi connectivity index (χ0) is 13.2. The Balaban J connectivity index is 2.15. The summed E-state index contributed by atoms with van der Waals surface area (Å²) in [5.41, 5.74) is 1.03. The number of carbonyl (C=O) groups is 1. The largest absolute Gasteiger partial charge is 0.460 e. The molecule has 0 unspecified atom stereocenters. The maximum Gasteiger partial charge on any atom is 0.376 e. The molecule has 1 aliphatic rings. The Morgan fingerprint density at radius 1 is 1.44 bits per heavy atom. The predicted molar refractivity (Wildman–Crippen MR) is 72.2 cm³/mol. The second-order valence-electron chi connectivity index (χ2n) is 5.05. The summed E-state index contributed by atoms with van der Waals surface area (Å²) in [5, 5.41) is 0. The van der Waals surface area contributed by atoms with Gasteiger partial charge in [0.25, 0.3) is 0 Å². The summed E-state index contributed by atoms with van der Waals surface area (Å²) < 4.78 is 7.28. The van der Waals surface area contributed by atoms with Gasteiger partial charge in [-0.1, -0.05) is 13.1 Å². The molecule has 5 nitrogen and oxygen atoms in total. The molecule has 0 radical (unpaired) electrons. The molecule has 0 amide bonds. The molecule has 0 spiro atoms. The van der Waals surface area contributed by atoms with Crippen molar-refractivity contribution in [3.05, 3.63) is 18.2 Å². The highest BCUT2D eigenvalue weighted by atomic mass is 28.3. The Hall–Kier alpha value is -1.43. The van der Waals surface area contributed by atoms with Crippen molar-refractivity contribution >= 4 is 19.9 Å². The van der Waals surface area contributed by atoms with Gasteiger partial charge >= 0.3 is 5.97 Å². The van der Waals surface area contributed by atoms with Gasteiger partial charge in [-0.3, -0.25) is 0 Å². The molecule has 1 saturated heterocycles. The van der Waals surface area contributed by atoms with Gasteiger partial charge in [-0.15, -0.1) is 0 Å². The van der Waals surface area contributed by atoms with Gasteiger partial charge in [-0.2, -0.15) is 0 Å². The summed E-state index contributed by atoms with van der Waals surface area (Å²) in [6.45, 7) is 7.88. The fourth-order valence-corrected chi connectivity index (χ4v) is 5.22. The number of anilines is 1. The molecule has 1 aromatic heterocycles. The minimum absolute atomic E-state index is 0.138. The van der Waals surface area contributed by atoms with Crippen LogP contribution in [0.5, 0.6) is 0 Å². The highest BCUT2D eigenvalue weighted by Gasteiger charge is 2.34. The van der Waals surface area contributed by atoms with Crippen LogP contribution in [-0.2, 0) is 4.74 Å². The van der Waals surface area contributed by atoms with Crippen LogP contribution in [0.25, 0.3) is 0 Å². The maximum absolute atomic E-state index is 11.5. The molecule has 2 heterocycles. The molecule has 0 saturated carbocycles. The fraction of sp³-hybridized carbons (Fsp3) is 0.583. The number of carbonyl (C=O) groups excluding carboxylic acids is 1. The molecule has 0 bridgehead atoms. The van der Waals surface area contributed by atoms with Gasteiger partial charge in [-0.25, -0.2) is 14.8 Å². The van der Waals surface area contributed by atoms with Gasteiger partial charge in [0.05, 0.1) is 24.7 Å². The average molecular weight is 265 g/mol. The quantitative estimate of drug-likeness (QED) is 0.618. The Kier molecular flexibility index (Phi) is 3.65. The SMILES string of the molecule is CCOC(=O)c1ncc(N2CCC[Si]2(C)C)cn1. The van der Waals surface area contributed by atoms with Crippen molar-refractivity contribution in [2.75, 3.05) is 17.7 Å². The molecule has 1 aliphatic heterocycles. The Bertz CT molecular complexity index is 433. The summed E-state index contributed by atoms with van der Waals surface area (Å²) >= 11 is 0. The van der Waals surface area contributed by atoms with Crippen molar-refractivity contribution in [1.29, 1.82) is 0 Å². The van der Waals surface area contributed by atoms with Crippen molar-refractivity contribution in [1.82, 2.24) is 9.97 Å². The van der Waals surface area contributed by atoms with Crippen LogP contribution in [0.2, 0.25) is 19.1 Å². The standard InChI is InChI=1S/C12H19N3O2Si/c1-4-17-12(16)11-13-8-10(9-14-11)15-6-5-7-18(15,2)3/h8-9H,4-7H2,1-3H3. The van der Waals surface area contributed by atoms with Crippen LogP contribution in [0.1, 0.15) is 24.0 Å². The van der Waals surface area contributed by atoms with Gasteiger partial charge in [0.2, 0.25) is 5.82 Å². The van der Waals surface area contributed by atoms with Crippen LogP contribution in [0, 0.1) is 0 Å². The minimum Gasteiger partial charge on any atom is -0.460 e. The molecule has 2 rings (SSSR count). The van der Waals surface area contributed by atoms with E-state index in [2.05, 4.69) is 27.6 Å². The first-order valence-electron chi connectivity index (χ1n) is 6.31. The van der Waals surface area contributed by atoms with Crippen LogP contribution >= 0.6 is 0 Å². The van der Waals surface area contributed by atoms with E-state index in [1.165, 1.54) is 12.5 Å². The van der Waals surface area contributed by atoms with Crippen molar-refractivity contribution in [3.8, 4) is 0 Å². The van der Waals surface area contributed by atoms with E-state index in [0.717, 1.165) is 12.2 Å². The highest BCUT2D eigenvalue weighted by Crippen LogP contribution is 2.30. The molecule has 6 heteroatoms. The predicted octanol–water partition coefficient (Wildman–Crippen LogP) is 2.07. The lowest BCUT2D eigenvalue weighted by Gasteiger charge is -2.31. The third-order valence-corrected chi connectivity index (χ3v) is 6.83. The number of ether oxygens (including phenoxy) is 1. The van der Waals surface area contributed by atoms with Crippen molar-refractivity contribution in [2.45, 2.75) is 32.5 Å². The van der Waals surface area contributed by atoms with Crippen LogP contribution in [0.4, 0.5) is 5.69 Å². The summed E-state index contributed by atoms with van der Waals surface area (Å²) in [7, 11) is -1.33. The van der Waals surface area contributed by atoms with E-state index in [1.54, 1.807) is 19.3 Å². The zero-order valence-electron chi connectivity index (χ0n) is 11.1. The van der Waals surface area contributed by atoms with Crippen LogP contribution in [0.3, 0.4) is 0 Å². The van der Waals surface area contributed by atoms with Crippen molar-refractivity contribution < 1.29 is 9.53 Å². The molecular weight excluding hydrogens is 246 g/mol. The summed E-state index contributed by atoms with van der Waals surface area (Å²) in [6.07, 6.45) is 4.71. The van der Waals surface area contributed by atoms with Gasteiger partial charge in [0, 0.05) is 6.54 Å². The number of rotatable bonds is 3. The number of esters is 1. The Morgan fingerprint density at radius 2 is 2.11 bits per heavy atom. The van der Waals surface area contributed by atoms with Gasteiger partial charge in [0.1, 0.15) is 0 Å². The zero-order valence-corrected chi connectivity index (χ0v) is 12.1.